The Morgan fingerprint density at radius 1 is 1.21 bits per heavy atom. The predicted molar refractivity (Wildman–Crippen MR) is 84.0 cm³/mol. The smallest absolute Gasteiger partial charge is 0.322 e. The normalized spacial score (nSPS) is 24.5. The van der Waals surface area contributed by atoms with E-state index < -0.39 is 30.5 Å². The fourth-order valence-corrected chi connectivity index (χ4v) is 3.12. The number of nitrogens with zero attached hydrogens (tertiary/aromatic N) is 1. The lowest BCUT2D eigenvalue weighted by Gasteiger charge is -2.27. The average Bonchev–Trinajstić information content (AvgIpc) is 3.22. The summed E-state index contributed by atoms with van der Waals surface area (Å²) in [5.74, 6) is -2.14. The van der Waals surface area contributed by atoms with Gasteiger partial charge in [-0.2, -0.15) is 0 Å². The van der Waals surface area contributed by atoms with Crippen molar-refractivity contribution in [2.24, 2.45) is 0 Å². The van der Waals surface area contributed by atoms with Gasteiger partial charge in [0.1, 0.15) is 18.6 Å². The molecule has 3 amide bonds. The van der Waals surface area contributed by atoms with E-state index in [-0.39, 0.29) is 17.9 Å². The van der Waals surface area contributed by atoms with E-state index in [4.69, 9.17) is 5.11 Å². The summed E-state index contributed by atoms with van der Waals surface area (Å²) >= 11 is 0. The fraction of sp³-hybridized carbons (Fsp3) is 0.733. The van der Waals surface area contributed by atoms with E-state index in [1.165, 1.54) is 4.90 Å². The van der Waals surface area contributed by atoms with Crippen LogP contribution in [-0.4, -0.2) is 71.5 Å². The molecule has 0 saturated carbocycles. The molecule has 0 bridgehead atoms. The van der Waals surface area contributed by atoms with Crippen LogP contribution in [0.2, 0.25) is 0 Å². The number of nitrogens with one attached hydrogen (secondary N) is 3. The monoisotopic (exact) mass is 340 g/mol. The minimum atomic E-state index is -1.14. The highest BCUT2D eigenvalue weighted by molar-refractivity contribution is 5.94. The molecule has 2 fully saturated rings. The van der Waals surface area contributed by atoms with Gasteiger partial charge in [-0.05, 0) is 39.2 Å². The van der Waals surface area contributed by atoms with Crippen molar-refractivity contribution < 1.29 is 24.3 Å². The number of hydrogen-bond donors (Lipinski definition) is 4. The summed E-state index contributed by atoms with van der Waals surface area (Å²) in [7, 11) is 0. The van der Waals surface area contributed by atoms with Crippen LogP contribution in [-0.2, 0) is 19.2 Å². The molecule has 2 saturated heterocycles. The second kappa shape index (κ2) is 8.09. The summed E-state index contributed by atoms with van der Waals surface area (Å²) in [6.07, 6.45) is 2.83. The zero-order valence-electron chi connectivity index (χ0n) is 13.7. The van der Waals surface area contributed by atoms with Crippen LogP contribution in [0.5, 0.6) is 0 Å². The Morgan fingerprint density at radius 3 is 2.58 bits per heavy atom. The van der Waals surface area contributed by atoms with Gasteiger partial charge in [0.05, 0.1) is 6.04 Å². The Kier molecular flexibility index (Phi) is 6.13. The van der Waals surface area contributed by atoms with Gasteiger partial charge in [-0.1, -0.05) is 0 Å². The van der Waals surface area contributed by atoms with Crippen molar-refractivity contribution >= 4 is 23.7 Å². The number of carboxylic acids is 1. The van der Waals surface area contributed by atoms with Crippen LogP contribution in [0.4, 0.5) is 0 Å². The van der Waals surface area contributed by atoms with Crippen LogP contribution in [0.25, 0.3) is 0 Å². The van der Waals surface area contributed by atoms with Gasteiger partial charge >= 0.3 is 5.97 Å². The van der Waals surface area contributed by atoms with Crippen LogP contribution in [0, 0.1) is 0 Å². The third-order valence-electron chi connectivity index (χ3n) is 4.36. The Hall–Kier alpha value is -2.16. The molecule has 2 aliphatic heterocycles. The molecule has 2 aliphatic rings. The topological polar surface area (TPSA) is 128 Å². The largest absolute Gasteiger partial charge is 0.480 e. The van der Waals surface area contributed by atoms with Crippen molar-refractivity contribution in [2.75, 3.05) is 19.6 Å². The second-order valence-electron chi connectivity index (χ2n) is 6.18. The zero-order chi connectivity index (χ0) is 17.7. The molecular formula is C15H24N4O5. The summed E-state index contributed by atoms with van der Waals surface area (Å²) in [6.45, 7) is 2.33. The molecule has 9 heteroatoms. The second-order valence-corrected chi connectivity index (χ2v) is 6.18. The molecule has 9 nitrogen and oxygen atoms in total. The first-order chi connectivity index (χ1) is 11.4. The first-order valence-corrected chi connectivity index (χ1v) is 8.24. The molecule has 0 radical (unpaired) electrons. The third kappa shape index (κ3) is 4.44. The van der Waals surface area contributed by atoms with Crippen molar-refractivity contribution in [1.29, 1.82) is 0 Å². The number of likely N-dealkylation sites (tertiary alicyclic amines) is 1. The number of amides is 3. The van der Waals surface area contributed by atoms with E-state index in [1.54, 1.807) is 6.92 Å². The van der Waals surface area contributed by atoms with Gasteiger partial charge in [0, 0.05) is 6.54 Å². The lowest BCUT2D eigenvalue weighted by molar-refractivity contribution is -0.142. The number of carbonyl (C=O) groups is 4. The molecular weight excluding hydrogens is 316 g/mol. The highest BCUT2D eigenvalue weighted by atomic mass is 16.4. The van der Waals surface area contributed by atoms with Gasteiger partial charge < -0.3 is 26.0 Å². The molecule has 2 heterocycles. The van der Waals surface area contributed by atoms with Crippen LogP contribution in [0.15, 0.2) is 0 Å². The summed E-state index contributed by atoms with van der Waals surface area (Å²) in [6, 6.07) is -1.68. The Labute approximate surface area is 140 Å². The Bertz CT molecular complexity index is 518. The maximum absolute atomic E-state index is 12.5. The number of hydrogen-bond acceptors (Lipinski definition) is 5. The number of rotatable bonds is 6. The molecule has 0 aromatic rings. The van der Waals surface area contributed by atoms with E-state index >= 15 is 0 Å². The minimum absolute atomic E-state index is 0.209. The summed E-state index contributed by atoms with van der Waals surface area (Å²) in [5, 5.41) is 16.7. The molecule has 0 aromatic heterocycles. The van der Waals surface area contributed by atoms with Crippen LogP contribution >= 0.6 is 0 Å². The average molecular weight is 340 g/mol. The summed E-state index contributed by atoms with van der Waals surface area (Å²) in [5.41, 5.74) is 0. The van der Waals surface area contributed by atoms with E-state index in [0.29, 0.717) is 19.4 Å². The van der Waals surface area contributed by atoms with Gasteiger partial charge in [-0.15, -0.1) is 0 Å². The van der Waals surface area contributed by atoms with Crippen molar-refractivity contribution in [2.45, 2.75) is 50.7 Å². The molecule has 3 unspecified atom stereocenters. The molecule has 4 N–H and O–H groups in total. The maximum atomic E-state index is 12.5. The fourth-order valence-electron chi connectivity index (χ4n) is 3.12. The standard InChI is InChI=1S/C15H24N4O5/c1-9(18-13(22)10-4-2-6-16-10)15(24)19-7-3-5-11(19)14(23)17-8-12(20)21/h9-11,16H,2-8H2,1H3,(H,17,23)(H,18,22)(H,20,21). The highest BCUT2D eigenvalue weighted by Gasteiger charge is 2.37. The van der Waals surface area contributed by atoms with E-state index in [2.05, 4.69) is 16.0 Å². The van der Waals surface area contributed by atoms with E-state index in [1.807, 2.05) is 0 Å². The van der Waals surface area contributed by atoms with E-state index in [9.17, 15) is 19.2 Å². The zero-order valence-corrected chi connectivity index (χ0v) is 13.7. The minimum Gasteiger partial charge on any atom is -0.480 e. The van der Waals surface area contributed by atoms with Crippen LogP contribution < -0.4 is 16.0 Å². The highest BCUT2D eigenvalue weighted by Crippen LogP contribution is 2.18. The summed E-state index contributed by atoms with van der Waals surface area (Å²) in [4.78, 5) is 48.6. The number of aliphatic carboxylic acids is 1. The summed E-state index contributed by atoms with van der Waals surface area (Å²) < 4.78 is 0. The molecule has 134 valence electrons. The maximum Gasteiger partial charge on any atom is 0.322 e. The number of carbonyl (C=O) groups excluding carboxylic acids is 3. The molecule has 0 aliphatic carbocycles. The van der Waals surface area contributed by atoms with Crippen molar-refractivity contribution in [3.05, 3.63) is 0 Å². The van der Waals surface area contributed by atoms with Crippen molar-refractivity contribution in [3.63, 3.8) is 0 Å². The van der Waals surface area contributed by atoms with Gasteiger partial charge in [-0.25, -0.2) is 0 Å². The van der Waals surface area contributed by atoms with Crippen molar-refractivity contribution in [3.8, 4) is 0 Å². The van der Waals surface area contributed by atoms with Gasteiger partial charge in [-0.3, -0.25) is 19.2 Å². The van der Waals surface area contributed by atoms with Gasteiger partial charge in [0.2, 0.25) is 17.7 Å². The third-order valence-corrected chi connectivity index (χ3v) is 4.36. The first kappa shape index (κ1) is 18.2. The van der Waals surface area contributed by atoms with Crippen LogP contribution in [0.1, 0.15) is 32.6 Å². The van der Waals surface area contributed by atoms with Crippen molar-refractivity contribution in [1.82, 2.24) is 20.9 Å². The molecule has 2 rings (SSSR count). The molecule has 3 atom stereocenters. The molecule has 24 heavy (non-hydrogen) atoms. The van der Waals surface area contributed by atoms with E-state index in [0.717, 1.165) is 19.4 Å². The SMILES string of the molecule is CC(NC(=O)C1CCCN1)C(=O)N1CCCC1C(=O)NCC(=O)O. The molecule has 0 aromatic carbocycles. The molecule has 0 spiro atoms. The van der Waals surface area contributed by atoms with Gasteiger partial charge in [0.15, 0.2) is 0 Å². The Balaban J connectivity index is 1.90. The predicted octanol–water partition coefficient (Wildman–Crippen LogP) is -1.57. The number of carboxylic acid groups (broad SMARTS) is 1. The van der Waals surface area contributed by atoms with Gasteiger partial charge in [0.25, 0.3) is 0 Å². The quantitative estimate of drug-likeness (QED) is 0.463. The lowest BCUT2D eigenvalue weighted by Crippen LogP contribution is -2.54. The lowest BCUT2D eigenvalue weighted by atomic mass is 10.1. The van der Waals surface area contributed by atoms with Crippen LogP contribution in [0.3, 0.4) is 0 Å². The Morgan fingerprint density at radius 2 is 1.96 bits per heavy atom. The first-order valence-electron chi connectivity index (χ1n) is 8.24.